The highest BCUT2D eigenvalue weighted by molar-refractivity contribution is 6.36. The second-order valence-electron chi connectivity index (χ2n) is 7.98. The lowest BCUT2D eigenvalue weighted by atomic mass is 9.93. The average molecular weight is 381 g/mol. The van der Waals surface area contributed by atoms with E-state index in [1.807, 2.05) is 18.2 Å². The van der Waals surface area contributed by atoms with Gasteiger partial charge in [-0.2, -0.15) is 0 Å². The van der Waals surface area contributed by atoms with Gasteiger partial charge in [0.05, 0.1) is 0 Å². The Labute approximate surface area is 168 Å². The number of ether oxygens (including phenoxy) is 1. The molecule has 142 valence electrons. The predicted molar refractivity (Wildman–Crippen MR) is 119 cm³/mol. The third-order valence-corrected chi connectivity index (χ3v) is 5.46. The number of allylic oxidation sites excluding steroid dienone is 4. The molecule has 2 heteroatoms. The average Bonchev–Trinajstić information content (AvgIpc) is 2.62. The van der Waals surface area contributed by atoms with Crippen molar-refractivity contribution in [2.24, 2.45) is 0 Å². The molecule has 0 saturated carbocycles. The summed E-state index contributed by atoms with van der Waals surface area (Å²) < 4.78 is 6.50. The lowest BCUT2D eigenvalue weighted by Crippen LogP contribution is -2.31. The summed E-state index contributed by atoms with van der Waals surface area (Å²) in [6.07, 6.45) is 13.2. The van der Waals surface area contributed by atoms with Crippen molar-refractivity contribution in [3.63, 3.8) is 0 Å². The van der Waals surface area contributed by atoms with Gasteiger partial charge < -0.3 is 4.74 Å². The number of rotatable bonds is 6. The normalized spacial score (nSPS) is 18.9. The van der Waals surface area contributed by atoms with Gasteiger partial charge in [-0.15, -0.1) is 0 Å². The van der Waals surface area contributed by atoms with Crippen molar-refractivity contribution >= 4 is 28.4 Å². The molecule has 1 aliphatic rings. The molecule has 0 aromatic heterocycles. The summed E-state index contributed by atoms with van der Waals surface area (Å²) in [5.41, 5.74) is 3.61. The molecule has 0 bridgehead atoms. The Morgan fingerprint density at radius 3 is 2.56 bits per heavy atom. The first-order chi connectivity index (χ1) is 12.9. The van der Waals surface area contributed by atoms with Crippen molar-refractivity contribution < 1.29 is 4.74 Å². The summed E-state index contributed by atoms with van der Waals surface area (Å²) in [6.45, 7) is 8.70. The van der Waals surface area contributed by atoms with Gasteiger partial charge >= 0.3 is 0 Å². The van der Waals surface area contributed by atoms with Crippen LogP contribution in [0.3, 0.4) is 0 Å². The molecule has 1 heterocycles. The molecule has 2 aromatic rings. The number of fused-ring (bicyclic) bond motifs is 3. The zero-order valence-electron chi connectivity index (χ0n) is 16.8. The van der Waals surface area contributed by atoms with Crippen molar-refractivity contribution in [1.82, 2.24) is 0 Å². The van der Waals surface area contributed by atoms with Crippen molar-refractivity contribution in [3.8, 4) is 5.75 Å². The fourth-order valence-electron chi connectivity index (χ4n) is 3.53. The quantitative estimate of drug-likeness (QED) is 0.459. The Balaban J connectivity index is 1.71. The largest absolute Gasteiger partial charge is 0.482 e. The maximum Gasteiger partial charge on any atom is 0.135 e. The van der Waals surface area contributed by atoms with Gasteiger partial charge in [0.2, 0.25) is 0 Å². The molecule has 0 saturated heterocycles. The molecule has 0 fully saturated rings. The van der Waals surface area contributed by atoms with E-state index >= 15 is 0 Å². The molecule has 0 N–H and O–H groups in total. The van der Waals surface area contributed by atoms with E-state index in [4.69, 9.17) is 16.3 Å². The van der Waals surface area contributed by atoms with Gasteiger partial charge in [0.25, 0.3) is 0 Å². The summed E-state index contributed by atoms with van der Waals surface area (Å²) in [7, 11) is 0. The molecule has 27 heavy (non-hydrogen) atoms. The molecular formula is C25H29ClO. The highest BCUT2D eigenvalue weighted by Gasteiger charge is 2.28. The van der Waals surface area contributed by atoms with Gasteiger partial charge in [-0.1, -0.05) is 65.2 Å². The van der Waals surface area contributed by atoms with Crippen LogP contribution in [0.25, 0.3) is 16.8 Å². The summed E-state index contributed by atoms with van der Waals surface area (Å²) in [5.74, 6) is 0.948. The second kappa shape index (κ2) is 8.35. The van der Waals surface area contributed by atoms with Crippen LogP contribution in [0.5, 0.6) is 5.75 Å². The van der Waals surface area contributed by atoms with Gasteiger partial charge in [0.15, 0.2) is 0 Å². The minimum Gasteiger partial charge on any atom is -0.482 e. The second-order valence-corrected chi connectivity index (χ2v) is 8.39. The molecule has 1 atom stereocenters. The smallest absolute Gasteiger partial charge is 0.135 e. The fourth-order valence-corrected chi connectivity index (χ4v) is 3.81. The monoisotopic (exact) mass is 380 g/mol. The van der Waals surface area contributed by atoms with Gasteiger partial charge in [0.1, 0.15) is 11.4 Å². The number of hydrogen-bond acceptors (Lipinski definition) is 1. The zero-order chi connectivity index (χ0) is 19.4. The summed E-state index contributed by atoms with van der Waals surface area (Å²) >= 11 is 6.44. The van der Waals surface area contributed by atoms with Crippen LogP contribution in [-0.4, -0.2) is 5.60 Å². The third-order valence-electron chi connectivity index (χ3n) is 5.15. The summed E-state index contributed by atoms with van der Waals surface area (Å²) in [4.78, 5) is 0. The molecule has 0 radical (unpaired) electrons. The topological polar surface area (TPSA) is 9.23 Å². The van der Waals surface area contributed by atoms with Gasteiger partial charge in [-0.3, -0.25) is 0 Å². The SMILES string of the molecule is CC(C)=CCC/C(C)=C/CCC1(C)C=Cc2cc(Cl)c3ccccc3c2O1. The number of halogens is 1. The molecule has 0 aliphatic carbocycles. The van der Waals surface area contributed by atoms with E-state index in [-0.39, 0.29) is 5.60 Å². The Morgan fingerprint density at radius 2 is 1.81 bits per heavy atom. The predicted octanol–water partition coefficient (Wildman–Crippen LogP) is 8.13. The van der Waals surface area contributed by atoms with Gasteiger partial charge in [-0.05, 0) is 65.5 Å². The van der Waals surface area contributed by atoms with Crippen LogP contribution in [0, 0.1) is 0 Å². The fraction of sp³-hybridized carbons (Fsp3) is 0.360. The molecular weight excluding hydrogens is 352 g/mol. The van der Waals surface area contributed by atoms with E-state index in [2.05, 4.69) is 64.1 Å². The molecule has 3 rings (SSSR count). The Bertz CT molecular complexity index is 915. The minimum atomic E-state index is -0.291. The van der Waals surface area contributed by atoms with Gasteiger partial charge in [-0.25, -0.2) is 0 Å². The molecule has 0 amide bonds. The molecule has 2 aromatic carbocycles. The first kappa shape index (κ1) is 19.8. The van der Waals surface area contributed by atoms with E-state index in [0.29, 0.717) is 0 Å². The minimum absolute atomic E-state index is 0.291. The maximum atomic E-state index is 6.50. The van der Waals surface area contributed by atoms with Gasteiger partial charge in [0, 0.05) is 21.4 Å². The van der Waals surface area contributed by atoms with Crippen LogP contribution in [0.4, 0.5) is 0 Å². The van der Waals surface area contributed by atoms with E-state index in [0.717, 1.165) is 52.8 Å². The first-order valence-corrected chi connectivity index (χ1v) is 10.1. The lowest BCUT2D eigenvalue weighted by Gasteiger charge is -2.32. The Morgan fingerprint density at radius 1 is 1.07 bits per heavy atom. The van der Waals surface area contributed by atoms with Crippen LogP contribution in [0.1, 0.15) is 58.9 Å². The van der Waals surface area contributed by atoms with Crippen LogP contribution < -0.4 is 4.74 Å². The molecule has 1 unspecified atom stereocenters. The van der Waals surface area contributed by atoms with E-state index in [9.17, 15) is 0 Å². The van der Waals surface area contributed by atoms with E-state index in [1.54, 1.807) is 0 Å². The Kier molecular flexibility index (Phi) is 6.11. The zero-order valence-corrected chi connectivity index (χ0v) is 17.6. The summed E-state index contributed by atoms with van der Waals surface area (Å²) in [6, 6.07) is 10.2. The molecule has 0 spiro atoms. The van der Waals surface area contributed by atoms with E-state index < -0.39 is 0 Å². The molecule has 1 nitrogen and oxygen atoms in total. The van der Waals surface area contributed by atoms with Crippen LogP contribution >= 0.6 is 11.6 Å². The van der Waals surface area contributed by atoms with Crippen LogP contribution in [0.2, 0.25) is 5.02 Å². The number of benzene rings is 2. The highest BCUT2D eigenvalue weighted by Crippen LogP contribution is 2.41. The van der Waals surface area contributed by atoms with E-state index in [1.165, 1.54) is 11.1 Å². The summed E-state index contributed by atoms with van der Waals surface area (Å²) in [5, 5.41) is 2.91. The first-order valence-electron chi connectivity index (χ1n) is 9.76. The lowest BCUT2D eigenvalue weighted by molar-refractivity contribution is 0.131. The van der Waals surface area contributed by atoms with Crippen LogP contribution in [0.15, 0.2) is 59.7 Å². The van der Waals surface area contributed by atoms with Crippen molar-refractivity contribution in [3.05, 3.63) is 70.3 Å². The standard InChI is InChI=1S/C25H29ClO/c1-18(2)9-7-10-19(3)11-8-15-25(4)16-14-20-17-23(26)21-12-5-6-13-22(21)24(20)27-25/h5-6,9,11-14,16-17H,7-8,10,15H2,1-4H3/b19-11+. The maximum absolute atomic E-state index is 6.50. The number of hydrogen-bond donors (Lipinski definition) is 0. The van der Waals surface area contributed by atoms with Crippen molar-refractivity contribution in [2.75, 3.05) is 0 Å². The molecule has 1 aliphatic heterocycles. The highest BCUT2D eigenvalue weighted by atomic mass is 35.5. The van der Waals surface area contributed by atoms with Crippen molar-refractivity contribution in [2.45, 2.75) is 59.0 Å². The Hall–Kier alpha value is -1.99. The van der Waals surface area contributed by atoms with Crippen molar-refractivity contribution in [1.29, 1.82) is 0 Å². The third kappa shape index (κ3) is 4.84. The van der Waals surface area contributed by atoms with Crippen LogP contribution in [-0.2, 0) is 0 Å².